The van der Waals surface area contributed by atoms with Crippen molar-refractivity contribution in [2.75, 3.05) is 25.5 Å². The standard InChI is InChI=1S/C16H18FN3O2/c1-20(2)15-8-5-12(9-18-15)16(22)19-10-14(21)11-3-6-13(17)7-4-11/h3-9,14,21H,10H2,1-2H3,(H,19,22). The van der Waals surface area contributed by atoms with E-state index in [1.54, 1.807) is 12.1 Å². The van der Waals surface area contributed by atoms with E-state index in [1.165, 1.54) is 30.5 Å². The van der Waals surface area contributed by atoms with Gasteiger partial charge in [-0.15, -0.1) is 0 Å². The fourth-order valence-electron chi connectivity index (χ4n) is 1.88. The smallest absolute Gasteiger partial charge is 0.252 e. The van der Waals surface area contributed by atoms with Crippen LogP contribution in [-0.4, -0.2) is 36.6 Å². The quantitative estimate of drug-likeness (QED) is 0.883. The number of hydrogen-bond donors (Lipinski definition) is 2. The fraction of sp³-hybridized carbons (Fsp3) is 0.250. The second kappa shape index (κ2) is 7.00. The van der Waals surface area contributed by atoms with Crippen LogP contribution >= 0.6 is 0 Å². The third kappa shape index (κ3) is 4.02. The third-order valence-electron chi connectivity index (χ3n) is 3.18. The van der Waals surface area contributed by atoms with Crippen LogP contribution in [0.25, 0.3) is 0 Å². The van der Waals surface area contributed by atoms with Gasteiger partial charge in [-0.2, -0.15) is 0 Å². The molecule has 0 saturated heterocycles. The summed E-state index contributed by atoms with van der Waals surface area (Å²) < 4.78 is 12.8. The highest BCUT2D eigenvalue weighted by molar-refractivity contribution is 5.94. The van der Waals surface area contributed by atoms with Crippen molar-refractivity contribution in [1.29, 1.82) is 0 Å². The summed E-state index contributed by atoms with van der Waals surface area (Å²) in [7, 11) is 3.72. The van der Waals surface area contributed by atoms with Gasteiger partial charge in [-0.05, 0) is 29.8 Å². The molecular weight excluding hydrogens is 285 g/mol. The minimum atomic E-state index is -0.890. The molecule has 0 saturated carbocycles. The highest BCUT2D eigenvalue weighted by Gasteiger charge is 2.11. The fourth-order valence-corrected chi connectivity index (χ4v) is 1.88. The summed E-state index contributed by atoms with van der Waals surface area (Å²) in [5.41, 5.74) is 0.958. The summed E-state index contributed by atoms with van der Waals surface area (Å²) in [5.74, 6) is 0.0638. The second-order valence-corrected chi connectivity index (χ2v) is 5.08. The summed E-state index contributed by atoms with van der Waals surface area (Å²) in [4.78, 5) is 18.0. The van der Waals surface area contributed by atoms with E-state index in [1.807, 2.05) is 19.0 Å². The Morgan fingerprint density at radius 1 is 1.27 bits per heavy atom. The van der Waals surface area contributed by atoms with Gasteiger partial charge in [-0.25, -0.2) is 9.37 Å². The van der Waals surface area contributed by atoms with Crippen molar-refractivity contribution in [2.45, 2.75) is 6.10 Å². The number of rotatable bonds is 5. The number of nitrogens with one attached hydrogen (secondary N) is 1. The Bertz CT molecular complexity index is 627. The SMILES string of the molecule is CN(C)c1ccc(C(=O)NCC(O)c2ccc(F)cc2)cn1. The van der Waals surface area contributed by atoms with Crippen LogP contribution in [0.4, 0.5) is 10.2 Å². The molecule has 2 rings (SSSR count). The van der Waals surface area contributed by atoms with Crippen LogP contribution in [0.2, 0.25) is 0 Å². The molecule has 1 atom stereocenters. The number of aliphatic hydroxyl groups excluding tert-OH is 1. The van der Waals surface area contributed by atoms with Crippen LogP contribution in [0.1, 0.15) is 22.0 Å². The number of benzene rings is 1. The van der Waals surface area contributed by atoms with Gasteiger partial charge in [0.05, 0.1) is 11.7 Å². The zero-order valence-electron chi connectivity index (χ0n) is 12.5. The molecule has 0 aliphatic rings. The molecule has 2 aromatic rings. The van der Waals surface area contributed by atoms with Crippen molar-refractivity contribution in [3.63, 3.8) is 0 Å². The first-order chi connectivity index (χ1) is 10.5. The monoisotopic (exact) mass is 303 g/mol. The largest absolute Gasteiger partial charge is 0.387 e. The van der Waals surface area contributed by atoms with Crippen LogP contribution in [0.5, 0.6) is 0 Å². The van der Waals surface area contributed by atoms with Gasteiger partial charge in [0, 0.05) is 26.8 Å². The van der Waals surface area contributed by atoms with Crippen LogP contribution in [-0.2, 0) is 0 Å². The average Bonchev–Trinajstić information content (AvgIpc) is 2.53. The van der Waals surface area contributed by atoms with Gasteiger partial charge in [-0.3, -0.25) is 4.79 Å². The van der Waals surface area contributed by atoms with Crippen molar-refractivity contribution in [1.82, 2.24) is 10.3 Å². The summed E-state index contributed by atoms with van der Waals surface area (Å²) in [5, 5.41) is 12.6. The van der Waals surface area contributed by atoms with Crippen LogP contribution in [0, 0.1) is 5.82 Å². The van der Waals surface area contributed by atoms with Crippen molar-refractivity contribution < 1.29 is 14.3 Å². The molecule has 2 N–H and O–H groups in total. The lowest BCUT2D eigenvalue weighted by molar-refractivity contribution is 0.0916. The maximum atomic E-state index is 12.8. The van der Waals surface area contributed by atoms with Gasteiger partial charge in [0.1, 0.15) is 11.6 Å². The molecule has 5 nitrogen and oxygen atoms in total. The first kappa shape index (κ1) is 15.9. The van der Waals surface area contributed by atoms with Gasteiger partial charge in [-0.1, -0.05) is 12.1 Å². The number of aliphatic hydroxyl groups is 1. The number of nitrogens with zero attached hydrogens (tertiary/aromatic N) is 2. The van der Waals surface area contributed by atoms with Gasteiger partial charge in [0.25, 0.3) is 5.91 Å². The van der Waals surface area contributed by atoms with Gasteiger partial charge in [0.2, 0.25) is 0 Å². The molecule has 1 unspecified atom stereocenters. The highest BCUT2D eigenvalue weighted by atomic mass is 19.1. The van der Waals surface area contributed by atoms with E-state index in [4.69, 9.17) is 0 Å². The van der Waals surface area contributed by atoms with E-state index in [0.717, 1.165) is 5.82 Å². The number of carbonyl (C=O) groups is 1. The Kier molecular flexibility index (Phi) is 5.06. The molecule has 0 bridgehead atoms. The van der Waals surface area contributed by atoms with Gasteiger partial charge < -0.3 is 15.3 Å². The second-order valence-electron chi connectivity index (χ2n) is 5.08. The highest BCUT2D eigenvalue weighted by Crippen LogP contribution is 2.13. The molecular formula is C16H18FN3O2. The van der Waals surface area contributed by atoms with Crippen molar-refractivity contribution in [2.24, 2.45) is 0 Å². The molecule has 1 amide bonds. The first-order valence-corrected chi connectivity index (χ1v) is 6.82. The molecule has 6 heteroatoms. The molecule has 0 aliphatic heterocycles. The van der Waals surface area contributed by atoms with E-state index in [-0.39, 0.29) is 18.3 Å². The van der Waals surface area contributed by atoms with Crippen molar-refractivity contribution in [3.05, 3.63) is 59.5 Å². The zero-order valence-corrected chi connectivity index (χ0v) is 12.5. The summed E-state index contributed by atoms with van der Waals surface area (Å²) in [6.07, 6.45) is 0.591. The third-order valence-corrected chi connectivity index (χ3v) is 3.18. The lowest BCUT2D eigenvalue weighted by atomic mass is 10.1. The Morgan fingerprint density at radius 3 is 2.50 bits per heavy atom. The number of pyridine rings is 1. The van der Waals surface area contributed by atoms with E-state index in [9.17, 15) is 14.3 Å². The summed E-state index contributed by atoms with van der Waals surface area (Å²) in [6.45, 7) is 0.0416. The lowest BCUT2D eigenvalue weighted by Gasteiger charge is -2.13. The van der Waals surface area contributed by atoms with E-state index >= 15 is 0 Å². The first-order valence-electron chi connectivity index (χ1n) is 6.82. The van der Waals surface area contributed by atoms with E-state index in [0.29, 0.717) is 11.1 Å². The number of hydrogen-bond acceptors (Lipinski definition) is 4. The topological polar surface area (TPSA) is 65.5 Å². The maximum absolute atomic E-state index is 12.8. The van der Waals surface area contributed by atoms with Crippen molar-refractivity contribution >= 4 is 11.7 Å². The lowest BCUT2D eigenvalue weighted by Crippen LogP contribution is -2.28. The van der Waals surface area contributed by atoms with Crippen LogP contribution < -0.4 is 10.2 Å². The van der Waals surface area contributed by atoms with Gasteiger partial charge >= 0.3 is 0 Å². The Hall–Kier alpha value is -2.47. The number of carbonyl (C=O) groups excluding carboxylic acids is 1. The summed E-state index contributed by atoms with van der Waals surface area (Å²) >= 11 is 0. The van der Waals surface area contributed by atoms with Crippen LogP contribution in [0.3, 0.4) is 0 Å². The number of halogens is 1. The predicted molar refractivity (Wildman–Crippen MR) is 82.3 cm³/mol. The molecule has 0 fully saturated rings. The zero-order chi connectivity index (χ0) is 16.1. The Balaban J connectivity index is 1.93. The maximum Gasteiger partial charge on any atom is 0.252 e. The molecule has 1 aromatic carbocycles. The van der Waals surface area contributed by atoms with Gasteiger partial charge in [0.15, 0.2) is 0 Å². The molecule has 116 valence electrons. The number of anilines is 1. The Morgan fingerprint density at radius 2 is 1.95 bits per heavy atom. The molecule has 22 heavy (non-hydrogen) atoms. The normalized spacial score (nSPS) is 11.8. The van der Waals surface area contributed by atoms with E-state index < -0.39 is 6.10 Å². The number of amides is 1. The van der Waals surface area contributed by atoms with E-state index in [2.05, 4.69) is 10.3 Å². The molecule has 1 heterocycles. The average molecular weight is 303 g/mol. The van der Waals surface area contributed by atoms with Crippen LogP contribution in [0.15, 0.2) is 42.6 Å². The predicted octanol–water partition coefficient (Wildman–Crippen LogP) is 1.75. The minimum Gasteiger partial charge on any atom is -0.387 e. The molecule has 0 spiro atoms. The number of aromatic nitrogens is 1. The summed E-state index contributed by atoms with van der Waals surface area (Å²) in [6, 6.07) is 8.92. The van der Waals surface area contributed by atoms with Crippen molar-refractivity contribution in [3.8, 4) is 0 Å². The minimum absolute atomic E-state index is 0.0416. The molecule has 0 aliphatic carbocycles. The molecule has 1 aromatic heterocycles. The Labute approximate surface area is 128 Å². The molecule has 0 radical (unpaired) electrons.